The van der Waals surface area contributed by atoms with Crippen molar-refractivity contribution in [3.05, 3.63) is 0 Å². The monoisotopic (exact) mass is 339 g/mol. The van der Waals surface area contributed by atoms with E-state index in [1.165, 1.54) is 0 Å². The van der Waals surface area contributed by atoms with E-state index < -0.39 is 14.9 Å². The Bertz CT molecular complexity index is 496. The molecule has 0 aromatic heterocycles. The first kappa shape index (κ1) is 15.8. The van der Waals surface area contributed by atoms with Crippen molar-refractivity contribution in [1.82, 2.24) is 10.6 Å². The van der Waals surface area contributed by atoms with Crippen LogP contribution in [-0.2, 0) is 29.1 Å². The fourth-order valence-corrected chi connectivity index (χ4v) is 4.54. The summed E-state index contributed by atoms with van der Waals surface area (Å²) < 4.78 is 15.3. The molecule has 2 saturated heterocycles. The number of hydrogen-bond acceptors (Lipinski definition) is 6. The molecule has 2 aliphatic rings. The molecule has 4 atom stereocenters. The Morgan fingerprint density at radius 1 is 1.50 bits per heavy atom. The van der Waals surface area contributed by atoms with E-state index >= 15 is 0 Å². The molecule has 1 unspecified atom stereocenters. The molecular formula is C10H17N3O4S3. The molecule has 0 saturated carbocycles. The Balaban J connectivity index is 1.64. The predicted molar refractivity (Wildman–Crippen MR) is 79.7 cm³/mol. The Morgan fingerprint density at radius 2 is 2.25 bits per heavy atom. The number of urea groups is 1. The summed E-state index contributed by atoms with van der Waals surface area (Å²) in [4.78, 5) is 22.5. The number of carbonyl (C=O) groups excluding carboxylic acids is 2. The van der Waals surface area contributed by atoms with Crippen LogP contribution in [0.3, 0.4) is 0 Å². The Kier molecular flexibility index (Phi) is 5.10. The lowest BCUT2D eigenvalue weighted by Crippen LogP contribution is -2.36. The second kappa shape index (κ2) is 6.46. The van der Waals surface area contributed by atoms with Crippen LogP contribution in [0.5, 0.6) is 0 Å². The maximum atomic E-state index is 11.3. The molecule has 2 heterocycles. The van der Waals surface area contributed by atoms with Gasteiger partial charge in [0.2, 0.25) is 0 Å². The number of nitrogens with two attached hydrogens (primary N) is 1. The van der Waals surface area contributed by atoms with Gasteiger partial charge in [-0.3, -0.25) is 4.79 Å². The van der Waals surface area contributed by atoms with Gasteiger partial charge in [0.05, 0.1) is 12.1 Å². The number of carbonyl (C=O) groups is 2. The number of unbranched alkanes of at least 4 members (excludes halogenated alkanes) is 1. The van der Waals surface area contributed by atoms with Gasteiger partial charge in [-0.1, -0.05) is 6.42 Å². The first-order valence-corrected chi connectivity index (χ1v) is 9.81. The van der Waals surface area contributed by atoms with Crippen molar-refractivity contribution in [3.8, 4) is 0 Å². The molecule has 7 nitrogen and oxygen atoms in total. The van der Waals surface area contributed by atoms with Gasteiger partial charge in [0.1, 0.15) is 0 Å². The van der Waals surface area contributed by atoms with Crippen LogP contribution in [0.25, 0.3) is 0 Å². The standard InChI is InChI=1S/C10H17N3O4S3/c11-20(16,18)17-8(14)4-2-1-3-7-9-6(5-19-7)12-10(15)13-9/h6-7,9H,1-5H2,(H2,11,16,18)(H2,12,13,15)/t6-,7-,9-,20?/m0/s1. The van der Waals surface area contributed by atoms with Gasteiger partial charge in [-0.15, -0.1) is 0 Å². The topological polar surface area (TPSA) is 111 Å². The molecule has 0 aliphatic carbocycles. The van der Waals surface area contributed by atoms with Crippen LogP contribution in [-0.4, -0.2) is 39.3 Å². The van der Waals surface area contributed by atoms with Crippen LogP contribution in [0, 0.1) is 0 Å². The molecule has 114 valence electrons. The van der Waals surface area contributed by atoms with Crippen LogP contribution < -0.4 is 15.8 Å². The summed E-state index contributed by atoms with van der Waals surface area (Å²) in [7, 11) is -3.37. The highest BCUT2D eigenvalue weighted by atomic mass is 32.8. The summed E-state index contributed by atoms with van der Waals surface area (Å²) in [6, 6.07) is 0.288. The molecule has 2 fully saturated rings. The van der Waals surface area contributed by atoms with E-state index in [0.29, 0.717) is 11.7 Å². The maximum Gasteiger partial charge on any atom is 0.321 e. The SMILES string of the molecule is NS(=O)(=S)OC(=O)CCCC[C@@H]1SC[C@@H]2NC(=O)N[C@@H]21. The second-order valence-electron chi connectivity index (χ2n) is 4.82. The number of rotatable bonds is 6. The van der Waals surface area contributed by atoms with Crippen LogP contribution in [0.15, 0.2) is 0 Å². The molecule has 0 bridgehead atoms. The number of hydrogen-bond donors (Lipinski definition) is 3. The average molecular weight is 339 g/mol. The zero-order chi connectivity index (χ0) is 14.8. The summed E-state index contributed by atoms with van der Waals surface area (Å²) >= 11 is 6.13. The zero-order valence-electron chi connectivity index (χ0n) is 10.7. The Labute approximate surface area is 126 Å². The van der Waals surface area contributed by atoms with E-state index in [-0.39, 0.29) is 24.5 Å². The van der Waals surface area contributed by atoms with Gasteiger partial charge in [0.15, 0.2) is 0 Å². The van der Waals surface area contributed by atoms with Crippen molar-refractivity contribution in [1.29, 1.82) is 0 Å². The molecule has 0 radical (unpaired) electrons. The molecule has 4 N–H and O–H groups in total. The normalized spacial score (nSPS) is 31.1. The minimum atomic E-state index is -3.37. The van der Waals surface area contributed by atoms with Crippen molar-refractivity contribution in [2.24, 2.45) is 5.14 Å². The van der Waals surface area contributed by atoms with Crippen LogP contribution >= 0.6 is 11.8 Å². The first-order valence-electron chi connectivity index (χ1n) is 6.29. The summed E-state index contributed by atoms with van der Waals surface area (Å²) in [5, 5.41) is 11.1. The fourth-order valence-electron chi connectivity index (χ4n) is 2.43. The number of thioether (sulfide) groups is 1. The van der Waals surface area contributed by atoms with Gasteiger partial charge in [0, 0.05) is 28.6 Å². The molecule has 2 aliphatic heterocycles. The van der Waals surface area contributed by atoms with Gasteiger partial charge >= 0.3 is 12.0 Å². The third kappa shape index (κ3) is 4.47. The van der Waals surface area contributed by atoms with Crippen molar-refractivity contribution >= 4 is 43.9 Å². The van der Waals surface area contributed by atoms with E-state index in [2.05, 4.69) is 26.0 Å². The number of fused-ring (bicyclic) bond motifs is 1. The zero-order valence-corrected chi connectivity index (χ0v) is 13.2. The summed E-state index contributed by atoms with van der Waals surface area (Å²) in [5.41, 5.74) is 0. The van der Waals surface area contributed by atoms with Crippen LogP contribution in [0.4, 0.5) is 4.79 Å². The van der Waals surface area contributed by atoms with Crippen molar-refractivity contribution in [3.63, 3.8) is 0 Å². The molecule has 0 spiro atoms. The molecule has 20 heavy (non-hydrogen) atoms. The minimum absolute atomic E-state index is 0.1000. The lowest BCUT2D eigenvalue weighted by molar-refractivity contribution is -0.133. The molecule has 10 heteroatoms. The van der Waals surface area contributed by atoms with Crippen LogP contribution in [0.2, 0.25) is 0 Å². The van der Waals surface area contributed by atoms with Crippen molar-refractivity contribution < 1.29 is 18.0 Å². The van der Waals surface area contributed by atoms with Crippen LogP contribution in [0.1, 0.15) is 25.7 Å². The second-order valence-corrected chi connectivity index (χ2v) is 8.63. The summed E-state index contributed by atoms with van der Waals surface area (Å²) in [6.07, 6.45) is 2.52. The van der Waals surface area contributed by atoms with Crippen molar-refractivity contribution in [2.45, 2.75) is 43.0 Å². The fraction of sp³-hybridized carbons (Fsp3) is 0.800. The highest BCUT2D eigenvalue weighted by molar-refractivity contribution is 8.29. The largest absolute Gasteiger partial charge is 0.353 e. The quantitative estimate of drug-likeness (QED) is 0.456. The molecule has 0 aromatic rings. The molecule has 0 aromatic carbocycles. The predicted octanol–water partition coefficient (Wildman–Crippen LogP) is -0.210. The smallest absolute Gasteiger partial charge is 0.321 e. The van der Waals surface area contributed by atoms with E-state index in [1.54, 1.807) is 0 Å². The van der Waals surface area contributed by atoms with E-state index in [4.69, 9.17) is 5.14 Å². The van der Waals surface area contributed by atoms with Gasteiger partial charge in [-0.25, -0.2) is 9.93 Å². The first-order chi connectivity index (χ1) is 9.35. The Morgan fingerprint density at radius 3 is 2.95 bits per heavy atom. The number of amides is 2. The van der Waals surface area contributed by atoms with Gasteiger partial charge in [0.25, 0.3) is 8.96 Å². The average Bonchev–Trinajstić information content (AvgIpc) is 2.82. The molecular weight excluding hydrogens is 322 g/mol. The summed E-state index contributed by atoms with van der Waals surface area (Å²) in [6.45, 7) is 0. The molecule has 2 rings (SSSR count). The Hall–Kier alpha value is -0.580. The third-order valence-electron chi connectivity index (χ3n) is 3.27. The van der Waals surface area contributed by atoms with E-state index in [0.717, 1.165) is 18.6 Å². The molecule has 2 amide bonds. The lowest BCUT2D eigenvalue weighted by Gasteiger charge is -2.16. The number of nitrogens with one attached hydrogen (secondary N) is 2. The maximum absolute atomic E-state index is 11.3. The lowest BCUT2D eigenvalue weighted by atomic mass is 10.0. The van der Waals surface area contributed by atoms with Gasteiger partial charge < -0.3 is 14.8 Å². The van der Waals surface area contributed by atoms with Gasteiger partial charge in [-0.05, 0) is 12.8 Å². The van der Waals surface area contributed by atoms with E-state index in [9.17, 15) is 13.8 Å². The van der Waals surface area contributed by atoms with Crippen molar-refractivity contribution in [2.75, 3.05) is 5.75 Å². The van der Waals surface area contributed by atoms with E-state index in [1.807, 2.05) is 11.8 Å². The summed E-state index contributed by atoms with van der Waals surface area (Å²) in [5.74, 6) is 0.293. The minimum Gasteiger partial charge on any atom is -0.353 e. The highest BCUT2D eigenvalue weighted by Crippen LogP contribution is 2.33. The van der Waals surface area contributed by atoms with Gasteiger partial charge in [-0.2, -0.15) is 16.0 Å². The third-order valence-corrected chi connectivity index (χ3v) is 5.40. The highest BCUT2D eigenvalue weighted by Gasteiger charge is 2.42.